The van der Waals surface area contributed by atoms with E-state index in [0.29, 0.717) is 12.1 Å². The van der Waals surface area contributed by atoms with Crippen molar-refractivity contribution >= 4 is 15.8 Å². The lowest BCUT2D eigenvalue weighted by atomic mass is 10.2. The number of likely N-dealkylation sites (tertiary alicyclic amines) is 1. The third-order valence-corrected chi connectivity index (χ3v) is 6.59. The van der Waals surface area contributed by atoms with Crippen LogP contribution in [-0.2, 0) is 20.8 Å². The van der Waals surface area contributed by atoms with Gasteiger partial charge in [0, 0.05) is 6.54 Å². The van der Waals surface area contributed by atoms with Crippen molar-refractivity contribution in [3.8, 4) is 0 Å². The summed E-state index contributed by atoms with van der Waals surface area (Å²) in [6.07, 6.45) is -12.1. The Hall–Kier alpha value is -1.96. The van der Waals surface area contributed by atoms with Crippen LogP contribution in [0, 0.1) is 0 Å². The van der Waals surface area contributed by atoms with Crippen molar-refractivity contribution in [2.24, 2.45) is 0 Å². The first-order chi connectivity index (χ1) is 13.0. The summed E-state index contributed by atoms with van der Waals surface area (Å²) >= 11 is 0. The smallest absolute Gasteiger partial charge is 0.454 e. The van der Waals surface area contributed by atoms with Crippen molar-refractivity contribution in [1.82, 2.24) is 4.90 Å². The molecule has 0 bridgehead atoms. The van der Waals surface area contributed by atoms with Gasteiger partial charge in [-0.1, -0.05) is 12.1 Å². The van der Waals surface area contributed by atoms with Crippen LogP contribution in [-0.4, -0.2) is 60.9 Å². The molecule has 0 amide bonds. The quantitative estimate of drug-likeness (QED) is 0.691. The molecule has 1 aliphatic rings. The molecule has 1 saturated heterocycles. The lowest BCUT2D eigenvalue weighted by Crippen LogP contribution is -2.50. The minimum Gasteiger partial charge on any atom is -0.480 e. The number of carboxylic acid groups (broad SMARTS) is 1. The summed E-state index contributed by atoms with van der Waals surface area (Å²) in [4.78, 5) is 10.1. The minimum atomic E-state index is -6.02. The number of carboxylic acids is 1. The zero-order valence-corrected chi connectivity index (χ0v) is 15.0. The third kappa shape index (κ3) is 4.63. The molecule has 0 unspecified atom stereocenters. The largest absolute Gasteiger partial charge is 0.480 e. The van der Waals surface area contributed by atoms with Gasteiger partial charge in [0.15, 0.2) is 9.84 Å². The number of carbonyl (C=O) groups is 1. The predicted octanol–water partition coefficient (Wildman–Crippen LogP) is 3.20. The molecular weight excluding hydrogens is 442 g/mol. The van der Waals surface area contributed by atoms with E-state index in [2.05, 4.69) is 0 Å². The maximum Gasteiger partial charge on any atom is 0.454 e. The normalized spacial score (nSPS) is 22.1. The Balaban J connectivity index is 2.41. The van der Waals surface area contributed by atoms with Crippen molar-refractivity contribution in [2.45, 2.75) is 40.9 Å². The maximum absolute atomic E-state index is 13.3. The molecule has 0 aromatic heterocycles. The average molecular weight is 455 g/mol. The van der Waals surface area contributed by atoms with Crippen LogP contribution in [0.2, 0.25) is 0 Å². The summed E-state index contributed by atoms with van der Waals surface area (Å²) < 4.78 is 129. The Bertz CT molecular complexity index is 881. The van der Waals surface area contributed by atoms with Gasteiger partial charge < -0.3 is 5.11 Å². The number of rotatable bonds is 5. The molecule has 1 aromatic carbocycles. The van der Waals surface area contributed by atoms with Crippen molar-refractivity contribution in [1.29, 1.82) is 0 Å². The number of hydrogen-bond acceptors (Lipinski definition) is 4. The maximum atomic E-state index is 13.3. The van der Waals surface area contributed by atoms with E-state index in [-0.39, 0.29) is 4.90 Å². The predicted molar refractivity (Wildman–Crippen MR) is 81.0 cm³/mol. The summed E-state index contributed by atoms with van der Waals surface area (Å²) in [5, 5.41) is 7.16. The van der Waals surface area contributed by atoms with E-state index in [0.717, 1.165) is 12.1 Å². The van der Waals surface area contributed by atoms with Crippen LogP contribution in [0.4, 0.5) is 35.1 Å². The standard InChI is InChI=1S/C15H13F8NO4S/c16-13(17,15(21,22)23)7-24-6-8(5-10(24)12(25)26)29(27,28)11-4-2-1-3-9(11)14(18,19)20/h1-4,8,10H,5-7H2,(H,25,26)/t8-,10+/m1/s1. The fourth-order valence-corrected chi connectivity index (χ4v) is 4.93. The molecule has 164 valence electrons. The number of benzene rings is 1. The first-order valence-corrected chi connectivity index (χ1v) is 9.34. The van der Waals surface area contributed by atoms with Gasteiger partial charge in [-0.3, -0.25) is 9.69 Å². The summed E-state index contributed by atoms with van der Waals surface area (Å²) in [6, 6.07) is 0.919. The van der Waals surface area contributed by atoms with E-state index >= 15 is 0 Å². The van der Waals surface area contributed by atoms with E-state index < -0.39 is 75.3 Å². The van der Waals surface area contributed by atoms with Crippen LogP contribution in [0.25, 0.3) is 0 Å². The van der Waals surface area contributed by atoms with Gasteiger partial charge in [-0.05, 0) is 18.6 Å². The van der Waals surface area contributed by atoms with Gasteiger partial charge >= 0.3 is 24.2 Å². The van der Waals surface area contributed by atoms with E-state index in [1.54, 1.807) is 0 Å². The molecule has 1 aromatic rings. The van der Waals surface area contributed by atoms with Crippen LogP contribution in [0.15, 0.2) is 29.2 Å². The van der Waals surface area contributed by atoms with Gasteiger partial charge in [0.1, 0.15) is 6.04 Å². The van der Waals surface area contributed by atoms with Gasteiger partial charge in [0.05, 0.1) is 22.3 Å². The van der Waals surface area contributed by atoms with Crippen LogP contribution in [0.1, 0.15) is 12.0 Å². The van der Waals surface area contributed by atoms with E-state index in [9.17, 15) is 48.3 Å². The van der Waals surface area contributed by atoms with E-state index in [4.69, 9.17) is 5.11 Å². The lowest BCUT2D eigenvalue weighted by Gasteiger charge is -2.27. The van der Waals surface area contributed by atoms with Gasteiger partial charge in [-0.15, -0.1) is 0 Å². The molecule has 0 spiro atoms. The topological polar surface area (TPSA) is 74.7 Å². The Morgan fingerprint density at radius 2 is 1.62 bits per heavy atom. The highest BCUT2D eigenvalue weighted by molar-refractivity contribution is 7.92. The highest BCUT2D eigenvalue weighted by Crippen LogP contribution is 2.40. The molecule has 5 nitrogen and oxygen atoms in total. The Labute approximate surface area is 158 Å². The summed E-state index contributed by atoms with van der Waals surface area (Å²) in [7, 11) is -4.89. The molecular formula is C15H13F8NO4S. The van der Waals surface area contributed by atoms with Crippen LogP contribution >= 0.6 is 0 Å². The van der Waals surface area contributed by atoms with E-state index in [1.807, 2.05) is 0 Å². The number of alkyl halides is 8. The van der Waals surface area contributed by atoms with Gasteiger partial charge in [-0.25, -0.2) is 8.42 Å². The average Bonchev–Trinajstić information content (AvgIpc) is 2.97. The second kappa shape index (κ2) is 7.38. The van der Waals surface area contributed by atoms with Crippen LogP contribution in [0.5, 0.6) is 0 Å². The molecule has 1 aliphatic heterocycles. The van der Waals surface area contributed by atoms with Crippen molar-refractivity contribution in [3.63, 3.8) is 0 Å². The second-order valence-electron chi connectivity index (χ2n) is 6.38. The molecule has 2 rings (SSSR count). The molecule has 0 saturated carbocycles. The first-order valence-electron chi connectivity index (χ1n) is 7.80. The van der Waals surface area contributed by atoms with Crippen LogP contribution in [0.3, 0.4) is 0 Å². The molecule has 14 heteroatoms. The summed E-state index contributed by atoms with van der Waals surface area (Å²) in [5.41, 5.74) is -1.55. The SMILES string of the molecule is O=C(O)[C@@H]1C[C@@H](S(=O)(=O)c2ccccc2C(F)(F)F)CN1CC(F)(F)C(F)(F)F. The summed E-state index contributed by atoms with van der Waals surface area (Å²) in [5.74, 6) is -7.21. The zero-order chi connectivity index (χ0) is 22.4. The molecule has 1 N–H and O–H groups in total. The number of aliphatic carboxylic acids is 1. The van der Waals surface area contributed by atoms with Crippen molar-refractivity contribution in [2.75, 3.05) is 13.1 Å². The number of halogens is 8. The zero-order valence-electron chi connectivity index (χ0n) is 14.1. The Kier molecular flexibility index (Phi) is 5.93. The highest BCUT2D eigenvalue weighted by Gasteiger charge is 2.60. The van der Waals surface area contributed by atoms with Crippen molar-refractivity contribution in [3.05, 3.63) is 29.8 Å². The van der Waals surface area contributed by atoms with Gasteiger partial charge in [0.25, 0.3) is 0 Å². The van der Waals surface area contributed by atoms with Gasteiger partial charge in [-0.2, -0.15) is 35.1 Å². The Morgan fingerprint density at radius 3 is 2.10 bits per heavy atom. The molecule has 2 atom stereocenters. The number of hydrogen-bond donors (Lipinski definition) is 1. The molecule has 1 fully saturated rings. The molecule has 0 radical (unpaired) electrons. The molecule has 0 aliphatic carbocycles. The fraction of sp³-hybridized carbons (Fsp3) is 0.533. The monoisotopic (exact) mass is 455 g/mol. The summed E-state index contributed by atoms with van der Waals surface area (Å²) in [6.45, 7) is -3.24. The van der Waals surface area contributed by atoms with Crippen molar-refractivity contribution < 1.29 is 53.4 Å². The van der Waals surface area contributed by atoms with Gasteiger partial charge in [0.2, 0.25) is 0 Å². The fourth-order valence-electron chi connectivity index (χ4n) is 2.99. The van der Waals surface area contributed by atoms with Crippen LogP contribution < -0.4 is 0 Å². The highest BCUT2D eigenvalue weighted by atomic mass is 32.2. The first kappa shape index (κ1) is 23.3. The number of nitrogens with zero attached hydrogens (tertiary/aromatic N) is 1. The Morgan fingerprint density at radius 1 is 1.07 bits per heavy atom. The van der Waals surface area contributed by atoms with E-state index in [1.165, 1.54) is 0 Å². The lowest BCUT2D eigenvalue weighted by molar-refractivity contribution is -0.287. The third-order valence-electron chi connectivity index (χ3n) is 4.40. The minimum absolute atomic E-state index is 0.105. The molecule has 29 heavy (non-hydrogen) atoms. The number of sulfone groups is 1. The molecule has 1 heterocycles. The second-order valence-corrected chi connectivity index (χ2v) is 8.58.